The van der Waals surface area contributed by atoms with E-state index in [-0.39, 0.29) is 17.6 Å². The van der Waals surface area contributed by atoms with Crippen molar-refractivity contribution in [2.75, 3.05) is 26.9 Å². The minimum atomic E-state index is -0.599. The summed E-state index contributed by atoms with van der Waals surface area (Å²) in [7, 11) is 1.71. The molecule has 1 amide bonds. The van der Waals surface area contributed by atoms with Crippen LogP contribution in [0.3, 0.4) is 0 Å². The highest BCUT2D eigenvalue weighted by Crippen LogP contribution is 2.35. The van der Waals surface area contributed by atoms with Gasteiger partial charge in [0.15, 0.2) is 0 Å². The Morgan fingerprint density at radius 2 is 2.29 bits per heavy atom. The van der Waals surface area contributed by atoms with Crippen LogP contribution in [0.5, 0.6) is 0 Å². The lowest BCUT2D eigenvalue weighted by atomic mass is 9.79. The Morgan fingerprint density at radius 1 is 1.59 bits per heavy atom. The van der Waals surface area contributed by atoms with Crippen molar-refractivity contribution in [2.24, 2.45) is 11.1 Å². The fourth-order valence-corrected chi connectivity index (χ4v) is 2.39. The number of carbonyl (C=O) groups excluding carboxylic acids is 1. The molecule has 2 rings (SSSR count). The maximum Gasteiger partial charge on any atom is 0.230 e. The molecular formula is C12H22N2O3. The molecule has 1 saturated heterocycles. The average Bonchev–Trinajstić information content (AvgIpc) is 2.59. The lowest BCUT2D eigenvalue weighted by Crippen LogP contribution is -2.55. The van der Waals surface area contributed by atoms with E-state index in [4.69, 9.17) is 15.2 Å². The Balaban J connectivity index is 1.89. The summed E-state index contributed by atoms with van der Waals surface area (Å²) >= 11 is 0. The molecule has 0 bridgehead atoms. The van der Waals surface area contributed by atoms with Crippen molar-refractivity contribution >= 4 is 5.91 Å². The summed E-state index contributed by atoms with van der Waals surface area (Å²) in [6.07, 6.45) is 3.20. The molecule has 17 heavy (non-hydrogen) atoms. The first-order valence-electron chi connectivity index (χ1n) is 6.19. The minimum absolute atomic E-state index is 0.0224. The highest BCUT2D eigenvalue weighted by Gasteiger charge is 2.45. The highest BCUT2D eigenvalue weighted by molar-refractivity contribution is 5.83. The van der Waals surface area contributed by atoms with Gasteiger partial charge < -0.3 is 20.5 Å². The van der Waals surface area contributed by atoms with Gasteiger partial charge in [-0.25, -0.2) is 0 Å². The second-order valence-electron chi connectivity index (χ2n) is 5.46. The molecule has 2 aliphatic rings. The summed E-state index contributed by atoms with van der Waals surface area (Å²) in [4.78, 5) is 12.2. The first-order valence-corrected chi connectivity index (χ1v) is 6.19. The molecule has 1 heterocycles. The Kier molecular flexibility index (Phi) is 3.43. The van der Waals surface area contributed by atoms with E-state index in [0.717, 1.165) is 12.8 Å². The van der Waals surface area contributed by atoms with Crippen LogP contribution in [0, 0.1) is 5.41 Å². The Bertz CT molecular complexity index is 299. The number of methoxy groups -OCH3 is 1. The normalized spacial score (nSPS) is 35.4. The zero-order chi connectivity index (χ0) is 12.5. The fourth-order valence-electron chi connectivity index (χ4n) is 2.39. The summed E-state index contributed by atoms with van der Waals surface area (Å²) in [5, 5.41) is 2.97. The average molecular weight is 242 g/mol. The number of ether oxygens (including phenoxy) is 2. The van der Waals surface area contributed by atoms with Gasteiger partial charge in [-0.1, -0.05) is 0 Å². The molecule has 5 nitrogen and oxygen atoms in total. The molecular weight excluding hydrogens is 220 g/mol. The third-order valence-corrected chi connectivity index (χ3v) is 4.31. The van der Waals surface area contributed by atoms with E-state index in [2.05, 4.69) is 5.32 Å². The van der Waals surface area contributed by atoms with Crippen molar-refractivity contribution in [2.45, 2.75) is 37.8 Å². The van der Waals surface area contributed by atoms with Crippen molar-refractivity contribution in [1.82, 2.24) is 5.32 Å². The molecule has 2 atom stereocenters. The largest absolute Gasteiger partial charge is 0.379 e. The predicted molar refractivity (Wildman–Crippen MR) is 63.5 cm³/mol. The SMILES string of the molecule is COC1(CNC(=O)C2(C)COCC2N)CCC1. The monoisotopic (exact) mass is 242 g/mol. The molecule has 0 aromatic heterocycles. The number of nitrogens with one attached hydrogen (secondary N) is 1. The zero-order valence-corrected chi connectivity index (χ0v) is 10.6. The van der Waals surface area contributed by atoms with Crippen LogP contribution in [-0.2, 0) is 14.3 Å². The lowest BCUT2D eigenvalue weighted by molar-refractivity contribution is -0.134. The number of amides is 1. The van der Waals surface area contributed by atoms with Crippen LogP contribution in [0.2, 0.25) is 0 Å². The van der Waals surface area contributed by atoms with E-state index in [1.54, 1.807) is 7.11 Å². The van der Waals surface area contributed by atoms with Crippen LogP contribution in [0.15, 0.2) is 0 Å². The van der Waals surface area contributed by atoms with Crippen LogP contribution >= 0.6 is 0 Å². The standard InChI is InChI=1S/C12H22N2O3/c1-11(8-17-6-9(11)13)10(15)14-7-12(16-2)4-3-5-12/h9H,3-8,13H2,1-2H3,(H,14,15). The first-order chi connectivity index (χ1) is 8.02. The van der Waals surface area contributed by atoms with Crippen molar-refractivity contribution in [1.29, 1.82) is 0 Å². The van der Waals surface area contributed by atoms with E-state index in [0.29, 0.717) is 19.8 Å². The van der Waals surface area contributed by atoms with Crippen molar-refractivity contribution in [3.05, 3.63) is 0 Å². The summed E-state index contributed by atoms with van der Waals surface area (Å²) in [6.45, 7) is 3.30. The Hall–Kier alpha value is -0.650. The van der Waals surface area contributed by atoms with Crippen molar-refractivity contribution in [3.63, 3.8) is 0 Å². The van der Waals surface area contributed by atoms with Crippen LogP contribution in [0.4, 0.5) is 0 Å². The number of hydrogen-bond acceptors (Lipinski definition) is 4. The molecule has 1 aliphatic carbocycles. The Morgan fingerprint density at radius 3 is 2.71 bits per heavy atom. The second kappa shape index (κ2) is 4.55. The molecule has 1 aliphatic heterocycles. The summed E-state index contributed by atoms with van der Waals surface area (Å²) < 4.78 is 10.7. The molecule has 0 spiro atoms. The van der Waals surface area contributed by atoms with Crippen LogP contribution in [0.25, 0.3) is 0 Å². The number of carbonyl (C=O) groups is 1. The Labute approximate surface area is 102 Å². The fraction of sp³-hybridized carbons (Fsp3) is 0.917. The molecule has 98 valence electrons. The van der Waals surface area contributed by atoms with Crippen LogP contribution in [0.1, 0.15) is 26.2 Å². The van der Waals surface area contributed by atoms with Gasteiger partial charge >= 0.3 is 0 Å². The summed E-state index contributed by atoms with van der Waals surface area (Å²) in [6, 6.07) is -0.220. The predicted octanol–water partition coefficient (Wildman–Crippen LogP) is 0.0355. The topological polar surface area (TPSA) is 73.6 Å². The molecule has 0 radical (unpaired) electrons. The van der Waals surface area contributed by atoms with Crippen molar-refractivity contribution < 1.29 is 14.3 Å². The molecule has 2 unspecified atom stereocenters. The van der Waals surface area contributed by atoms with E-state index >= 15 is 0 Å². The molecule has 5 heteroatoms. The van der Waals surface area contributed by atoms with Crippen LogP contribution in [-0.4, -0.2) is 44.4 Å². The second-order valence-corrected chi connectivity index (χ2v) is 5.46. The van der Waals surface area contributed by atoms with Gasteiger partial charge in [0.1, 0.15) is 0 Å². The van der Waals surface area contributed by atoms with E-state index in [1.807, 2.05) is 6.92 Å². The highest BCUT2D eigenvalue weighted by atomic mass is 16.5. The van der Waals surface area contributed by atoms with E-state index in [9.17, 15) is 4.79 Å². The maximum atomic E-state index is 12.2. The third kappa shape index (κ3) is 2.19. The van der Waals surface area contributed by atoms with Gasteiger partial charge in [0.2, 0.25) is 5.91 Å². The third-order valence-electron chi connectivity index (χ3n) is 4.31. The van der Waals surface area contributed by atoms with Gasteiger partial charge in [-0.15, -0.1) is 0 Å². The van der Waals surface area contributed by atoms with Crippen molar-refractivity contribution in [3.8, 4) is 0 Å². The lowest BCUT2D eigenvalue weighted by Gasteiger charge is -2.41. The maximum absolute atomic E-state index is 12.2. The van der Waals surface area contributed by atoms with Gasteiger partial charge in [-0.05, 0) is 26.2 Å². The number of rotatable bonds is 4. The van der Waals surface area contributed by atoms with Gasteiger partial charge in [-0.2, -0.15) is 0 Å². The summed E-state index contributed by atoms with van der Waals surface area (Å²) in [5.74, 6) is -0.0224. The van der Waals surface area contributed by atoms with E-state index in [1.165, 1.54) is 6.42 Å². The van der Waals surface area contributed by atoms with E-state index < -0.39 is 5.41 Å². The number of nitrogens with two attached hydrogens (primary N) is 1. The van der Waals surface area contributed by atoms with Gasteiger partial charge in [-0.3, -0.25) is 4.79 Å². The number of hydrogen-bond donors (Lipinski definition) is 2. The van der Waals surface area contributed by atoms with Gasteiger partial charge in [0.25, 0.3) is 0 Å². The minimum Gasteiger partial charge on any atom is -0.379 e. The van der Waals surface area contributed by atoms with Gasteiger partial charge in [0, 0.05) is 19.7 Å². The summed E-state index contributed by atoms with van der Waals surface area (Å²) in [5.41, 5.74) is 5.17. The molecule has 0 aromatic carbocycles. The molecule has 2 fully saturated rings. The molecule has 1 saturated carbocycles. The zero-order valence-electron chi connectivity index (χ0n) is 10.6. The first kappa shape index (κ1) is 12.8. The van der Waals surface area contributed by atoms with Crippen LogP contribution < -0.4 is 11.1 Å². The molecule has 0 aromatic rings. The smallest absolute Gasteiger partial charge is 0.230 e. The molecule has 3 N–H and O–H groups in total. The quantitative estimate of drug-likeness (QED) is 0.730. The van der Waals surface area contributed by atoms with Gasteiger partial charge in [0.05, 0.1) is 24.2 Å².